The van der Waals surface area contributed by atoms with Crippen molar-refractivity contribution in [3.05, 3.63) is 58.9 Å². The molecule has 3 rings (SSSR count). The van der Waals surface area contributed by atoms with Crippen LogP contribution in [0.1, 0.15) is 5.56 Å². The number of nitrogens with one attached hydrogen (secondary N) is 1. The van der Waals surface area contributed by atoms with E-state index in [0.29, 0.717) is 17.4 Å². The van der Waals surface area contributed by atoms with E-state index in [1.165, 1.54) is 10.5 Å². The Bertz CT molecular complexity index is 901. The van der Waals surface area contributed by atoms with Crippen molar-refractivity contribution in [1.29, 1.82) is 0 Å². The average Bonchev–Trinajstić information content (AvgIpc) is 3.02. The highest BCUT2D eigenvalue weighted by atomic mass is 32.1. The van der Waals surface area contributed by atoms with Gasteiger partial charge in [-0.15, -0.1) is 5.10 Å². The fraction of sp³-hybridized carbons (Fsp3) is 0.263. The second-order valence-electron chi connectivity index (χ2n) is 6.04. The minimum atomic E-state index is 0.366. The largest absolute Gasteiger partial charge is 0.497 e. The lowest BCUT2D eigenvalue weighted by molar-refractivity contribution is -0.917. The molecule has 0 aliphatic rings. The zero-order valence-corrected chi connectivity index (χ0v) is 15.9. The molecule has 0 amide bonds. The van der Waals surface area contributed by atoms with Crippen LogP contribution in [0, 0.1) is 4.84 Å². The van der Waals surface area contributed by atoms with Crippen molar-refractivity contribution >= 4 is 12.2 Å². The highest BCUT2D eigenvalue weighted by Crippen LogP contribution is 2.21. The molecule has 0 radical (unpaired) electrons. The first-order valence-corrected chi connectivity index (χ1v) is 8.66. The van der Waals surface area contributed by atoms with Crippen LogP contribution in [-0.4, -0.2) is 31.0 Å². The van der Waals surface area contributed by atoms with Crippen molar-refractivity contribution < 1.29 is 18.8 Å². The van der Waals surface area contributed by atoms with E-state index in [-0.39, 0.29) is 0 Å². The SMILES string of the molecule is COc1ccc(C[NH+](C)Cn2nc(-c3ccc(OC)cc3)oc2=S)cc1. The van der Waals surface area contributed by atoms with Crippen molar-refractivity contribution in [2.24, 2.45) is 0 Å². The summed E-state index contributed by atoms with van der Waals surface area (Å²) < 4.78 is 17.7. The molecule has 0 saturated heterocycles. The van der Waals surface area contributed by atoms with Gasteiger partial charge in [0.15, 0.2) is 6.67 Å². The Kier molecular flexibility index (Phi) is 5.70. The molecular formula is C19H22N3O3S+. The van der Waals surface area contributed by atoms with Crippen LogP contribution in [0.5, 0.6) is 11.5 Å². The van der Waals surface area contributed by atoms with E-state index in [0.717, 1.165) is 23.6 Å². The number of rotatable bonds is 7. The maximum atomic E-state index is 5.65. The van der Waals surface area contributed by atoms with Crippen molar-refractivity contribution in [3.8, 4) is 23.0 Å². The van der Waals surface area contributed by atoms with Crippen LogP contribution < -0.4 is 14.4 Å². The number of aromatic nitrogens is 2. The Hall–Kier alpha value is -2.64. The maximum Gasteiger partial charge on any atom is 0.292 e. The van der Waals surface area contributed by atoms with Crippen LogP contribution in [0.15, 0.2) is 52.9 Å². The summed E-state index contributed by atoms with van der Waals surface area (Å²) in [6.07, 6.45) is 0. The van der Waals surface area contributed by atoms with Gasteiger partial charge in [-0.2, -0.15) is 4.68 Å². The minimum Gasteiger partial charge on any atom is -0.497 e. The van der Waals surface area contributed by atoms with Gasteiger partial charge in [0.25, 0.3) is 4.84 Å². The Morgan fingerprint density at radius 3 is 2.15 bits per heavy atom. The molecule has 1 aromatic heterocycles. The highest BCUT2D eigenvalue weighted by Gasteiger charge is 2.12. The number of methoxy groups -OCH3 is 2. The average molecular weight is 372 g/mol. The van der Waals surface area contributed by atoms with Crippen LogP contribution >= 0.6 is 12.2 Å². The minimum absolute atomic E-state index is 0.366. The van der Waals surface area contributed by atoms with Crippen LogP contribution in [0.2, 0.25) is 0 Å². The summed E-state index contributed by atoms with van der Waals surface area (Å²) >= 11 is 5.32. The first-order valence-electron chi connectivity index (χ1n) is 8.25. The normalized spacial score (nSPS) is 12.0. The molecule has 0 bridgehead atoms. The van der Waals surface area contributed by atoms with E-state index in [1.54, 1.807) is 18.9 Å². The lowest BCUT2D eigenvalue weighted by Gasteiger charge is -2.13. The molecule has 0 fully saturated rings. The molecule has 0 spiro atoms. The molecule has 6 nitrogen and oxygen atoms in total. The van der Waals surface area contributed by atoms with Gasteiger partial charge in [0, 0.05) is 11.1 Å². The van der Waals surface area contributed by atoms with Gasteiger partial charge >= 0.3 is 0 Å². The molecule has 1 N–H and O–H groups in total. The first-order chi connectivity index (χ1) is 12.6. The highest BCUT2D eigenvalue weighted by molar-refractivity contribution is 7.71. The van der Waals surface area contributed by atoms with Gasteiger partial charge in [0.05, 0.1) is 21.3 Å². The van der Waals surface area contributed by atoms with E-state index in [2.05, 4.69) is 24.3 Å². The zero-order chi connectivity index (χ0) is 18.5. The summed E-state index contributed by atoms with van der Waals surface area (Å²) in [7, 11) is 5.39. The van der Waals surface area contributed by atoms with Crippen LogP contribution in [0.25, 0.3) is 11.5 Å². The van der Waals surface area contributed by atoms with Crippen LogP contribution in [0.3, 0.4) is 0 Å². The monoisotopic (exact) mass is 372 g/mol. The molecule has 136 valence electrons. The molecule has 1 heterocycles. The summed E-state index contributed by atoms with van der Waals surface area (Å²) in [4.78, 5) is 1.60. The number of ether oxygens (including phenoxy) is 2. The third-order valence-corrected chi connectivity index (χ3v) is 4.32. The van der Waals surface area contributed by atoms with Crippen molar-refractivity contribution in [1.82, 2.24) is 9.78 Å². The van der Waals surface area contributed by atoms with Gasteiger partial charge in [0.2, 0.25) is 5.89 Å². The smallest absolute Gasteiger partial charge is 0.292 e. The fourth-order valence-electron chi connectivity index (χ4n) is 2.66. The van der Waals surface area contributed by atoms with Gasteiger partial charge in [-0.1, -0.05) is 0 Å². The van der Waals surface area contributed by atoms with Gasteiger partial charge < -0.3 is 18.8 Å². The van der Waals surface area contributed by atoms with Gasteiger partial charge in [0.1, 0.15) is 18.0 Å². The third kappa shape index (κ3) is 4.30. The molecule has 26 heavy (non-hydrogen) atoms. The Morgan fingerprint density at radius 2 is 1.58 bits per heavy atom. The molecule has 7 heteroatoms. The molecule has 3 aromatic rings. The number of nitrogens with zero attached hydrogens (tertiary/aromatic N) is 2. The molecule has 0 aliphatic carbocycles. The van der Waals surface area contributed by atoms with E-state index >= 15 is 0 Å². The summed E-state index contributed by atoms with van der Waals surface area (Å²) in [6.45, 7) is 1.46. The molecule has 0 saturated carbocycles. The predicted octanol–water partition coefficient (Wildman–Crippen LogP) is 2.56. The number of quaternary nitrogens is 1. The Labute approximate surface area is 157 Å². The third-order valence-electron chi connectivity index (χ3n) is 4.03. The number of hydrogen-bond acceptors (Lipinski definition) is 5. The van der Waals surface area contributed by atoms with E-state index in [9.17, 15) is 0 Å². The predicted molar refractivity (Wildman–Crippen MR) is 101 cm³/mol. The summed E-state index contributed by atoms with van der Waals surface area (Å²) in [5.41, 5.74) is 2.08. The van der Waals surface area contributed by atoms with Crippen molar-refractivity contribution in [3.63, 3.8) is 0 Å². The topological polar surface area (TPSA) is 53.9 Å². The molecule has 0 aliphatic heterocycles. The van der Waals surface area contributed by atoms with Gasteiger partial charge in [-0.05, 0) is 60.7 Å². The fourth-order valence-corrected chi connectivity index (χ4v) is 2.84. The summed E-state index contributed by atoms with van der Waals surface area (Å²) in [5, 5.41) is 4.51. The van der Waals surface area contributed by atoms with E-state index in [4.69, 9.17) is 26.1 Å². The molecule has 2 aromatic carbocycles. The van der Waals surface area contributed by atoms with Crippen LogP contribution in [0.4, 0.5) is 0 Å². The van der Waals surface area contributed by atoms with Crippen molar-refractivity contribution in [2.75, 3.05) is 21.3 Å². The molecule has 1 atom stereocenters. The van der Waals surface area contributed by atoms with Gasteiger partial charge in [-0.25, -0.2) is 0 Å². The lowest BCUT2D eigenvalue weighted by Crippen LogP contribution is -3.07. The van der Waals surface area contributed by atoms with E-state index in [1.807, 2.05) is 36.4 Å². The lowest BCUT2D eigenvalue weighted by atomic mass is 10.2. The number of hydrogen-bond donors (Lipinski definition) is 1. The molecular weight excluding hydrogens is 350 g/mol. The van der Waals surface area contributed by atoms with E-state index < -0.39 is 0 Å². The first kappa shape index (κ1) is 18.2. The zero-order valence-electron chi connectivity index (χ0n) is 15.1. The maximum absolute atomic E-state index is 5.65. The second-order valence-corrected chi connectivity index (χ2v) is 6.39. The molecule has 1 unspecified atom stereocenters. The summed E-state index contributed by atoms with van der Waals surface area (Å²) in [6, 6.07) is 15.6. The summed E-state index contributed by atoms with van der Waals surface area (Å²) in [5.74, 6) is 2.15. The Morgan fingerprint density at radius 1 is 1.00 bits per heavy atom. The van der Waals surface area contributed by atoms with Gasteiger partial charge in [-0.3, -0.25) is 0 Å². The Balaban J connectivity index is 1.69. The van der Waals surface area contributed by atoms with Crippen LogP contribution in [-0.2, 0) is 13.2 Å². The number of benzene rings is 2. The van der Waals surface area contributed by atoms with Crippen molar-refractivity contribution in [2.45, 2.75) is 13.2 Å². The second kappa shape index (κ2) is 8.16. The standard InChI is InChI=1S/C19H21N3O3S/c1-21(12-14-4-8-16(23-2)9-5-14)13-22-19(26)25-18(20-22)15-6-10-17(24-3)11-7-15/h4-11H,12-13H2,1-3H3/p+1. The quantitative estimate of drug-likeness (QED) is 0.646.